The molecule has 3 aliphatic rings. The average Bonchev–Trinajstić information content (AvgIpc) is 3.30. The number of rotatable bonds is 3. The summed E-state index contributed by atoms with van der Waals surface area (Å²) in [7, 11) is 0. The lowest BCUT2D eigenvalue weighted by Crippen LogP contribution is -2.48. The minimum atomic E-state index is -0.392. The standard InChI is InChI=1S/C16H24N4O4/c21-15(13-2-5-22-8-13)19-4-6-23-10-16(9-19)3-1-14(24-16)7-20-12-17-11-18-20/h11-14H,1-10H2. The third-order valence-electron chi connectivity index (χ3n) is 5.14. The molecule has 3 fully saturated rings. The first-order valence-corrected chi connectivity index (χ1v) is 8.69. The summed E-state index contributed by atoms with van der Waals surface area (Å²) in [5.41, 5.74) is -0.392. The summed E-state index contributed by atoms with van der Waals surface area (Å²) in [5, 5.41) is 4.14. The third kappa shape index (κ3) is 3.31. The fourth-order valence-corrected chi connectivity index (χ4v) is 3.86. The van der Waals surface area contributed by atoms with E-state index >= 15 is 0 Å². The molecule has 8 nitrogen and oxygen atoms in total. The van der Waals surface area contributed by atoms with Crippen LogP contribution in [0.4, 0.5) is 0 Å². The Morgan fingerprint density at radius 2 is 2.25 bits per heavy atom. The first-order valence-electron chi connectivity index (χ1n) is 8.69. The Bertz CT molecular complexity index is 560. The van der Waals surface area contributed by atoms with Crippen LogP contribution in [0.5, 0.6) is 0 Å². The van der Waals surface area contributed by atoms with Crippen LogP contribution in [0, 0.1) is 5.92 Å². The number of carbonyl (C=O) groups excluding carboxylic acids is 1. The Hall–Kier alpha value is -1.51. The Kier molecular flexibility index (Phi) is 4.51. The lowest BCUT2D eigenvalue weighted by atomic mass is 9.99. The number of carbonyl (C=O) groups is 1. The molecular weight excluding hydrogens is 312 g/mol. The van der Waals surface area contributed by atoms with Gasteiger partial charge in [-0.25, -0.2) is 4.98 Å². The van der Waals surface area contributed by atoms with Crippen LogP contribution < -0.4 is 0 Å². The van der Waals surface area contributed by atoms with Gasteiger partial charge in [-0.15, -0.1) is 0 Å². The maximum Gasteiger partial charge on any atom is 0.228 e. The number of nitrogens with zero attached hydrogens (tertiary/aromatic N) is 4. The van der Waals surface area contributed by atoms with E-state index in [9.17, 15) is 4.79 Å². The maximum absolute atomic E-state index is 12.7. The first-order chi connectivity index (χ1) is 11.7. The molecule has 1 aromatic heterocycles. The molecule has 4 heterocycles. The smallest absolute Gasteiger partial charge is 0.228 e. The van der Waals surface area contributed by atoms with Crippen LogP contribution in [0.1, 0.15) is 19.3 Å². The SMILES string of the molecule is O=C(C1CCOC1)N1CCOCC2(CCC(Cn3cncn3)O2)C1. The van der Waals surface area contributed by atoms with E-state index < -0.39 is 5.60 Å². The zero-order valence-electron chi connectivity index (χ0n) is 13.8. The van der Waals surface area contributed by atoms with Crippen molar-refractivity contribution in [3.8, 4) is 0 Å². The highest BCUT2D eigenvalue weighted by molar-refractivity contribution is 5.79. The Balaban J connectivity index is 1.41. The van der Waals surface area contributed by atoms with Gasteiger partial charge in [-0.2, -0.15) is 5.10 Å². The minimum absolute atomic E-state index is 0.00695. The fourth-order valence-electron chi connectivity index (χ4n) is 3.86. The first kappa shape index (κ1) is 16.0. The monoisotopic (exact) mass is 336 g/mol. The molecule has 1 spiro atoms. The predicted octanol–water partition coefficient (Wildman–Crippen LogP) is 0.0912. The topological polar surface area (TPSA) is 78.7 Å². The summed E-state index contributed by atoms with van der Waals surface area (Å²) in [6, 6.07) is 0. The molecule has 1 aromatic rings. The van der Waals surface area contributed by atoms with Crippen LogP contribution in [0.25, 0.3) is 0 Å². The number of hydrogen-bond acceptors (Lipinski definition) is 6. The van der Waals surface area contributed by atoms with Crippen LogP contribution in [0.15, 0.2) is 12.7 Å². The van der Waals surface area contributed by atoms with Crippen molar-refractivity contribution in [3.05, 3.63) is 12.7 Å². The van der Waals surface area contributed by atoms with E-state index in [0.29, 0.717) is 46.1 Å². The van der Waals surface area contributed by atoms with Gasteiger partial charge < -0.3 is 19.1 Å². The molecule has 1 amide bonds. The van der Waals surface area contributed by atoms with Crippen LogP contribution in [-0.4, -0.2) is 76.8 Å². The van der Waals surface area contributed by atoms with Gasteiger partial charge >= 0.3 is 0 Å². The van der Waals surface area contributed by atoms with Gasteiger partial charge in [-0.05, 0) is 19.3 Å². The van der Waals surface area contributed by atoms with Gasteiger partial charge in [0.1, 0.15) is 18.3 Å². The van der Waals surface area contributed by atoms with Crippen LogP contribution in [-0.2, 0) is 25.5 Å². The third-order valence-corrected chi connectivity index (χ3v) is 5.14. The van der Waals surface area contributed by atoms with Gasteiger partial charge in [0.2, 0.25) is 5.91 Å². The molecule has 0 saturated carbocycles. The van der Waals surface area contributed by atoms with Crippen molar-refractivity contribution in [2.45, 2.75) is 37.5 Å². The van der Waals surface area contributed by atoms with E-state index in [-0.39, 0.29) is 17.9 Å². The quantitative estimate of drug-likeness (QED) is 0.778. The van der Waals surface area contributed by atoms with Gasteiger partial charge in [-0.1, -0.05) is 0 Å². The fraction of sp³-hybridized carbons (Fsp3) is 0.812. The molecule has 4 rings (SSSR count). The molecule has 0 N–H and O–H groups in total. The number of amides is 1. The lowest BCUT2D eigenvalue weighted by molar-refractivity contribution is -0.140. The van der Waals surface area contributed by atoms with Crippen LogP contribution >= 0.6 is 0 Å². The highest BCUT2D eigenvalue weighted by Crippen LogP contribution is 2.34. The largest absolute Gasteiger partial charge is 0.381 e. The molecular formula is C16H24N4O4. The number of ether oxygens (including phenoxy) is 3. The number of hydrogen-bond donors (Lipinski definition) is 0. The van der Waals surface area contributed by atoms with E-state index in [1.807, 2.05) is 4.90 Å². The summed E-state index contributed by atoms with van der Waals surface area (Å²) in [5.74, 6) is 0.174. The van der Waals surface area contributed by atoms with Crippen molar-refractivity contribution < 1.29 is 19.0 Å². The second-order valence-corrected chi connectivity index (χ2v) is 6.95. The Labute approximate surface area is 141 Å². The minimum Gasteiger partial charge on any atom is -0.381 e. The van der Waals surface area contributed by atoms with Crippen molar-refractivity contribution in [2.24, 2.45) is 5.92 Å². The second-order valence-electron chi connectivity index (χ2n) is 6.95. The van der Waals surface area contributed by atoms with Gasteiger partial charge in [0.15, 0.2) is 0 Å². The predicted molar refractivity (Wildman–Crippen MR) is 83.2 cm³/mol. The number of aromatic nitrogens is 3. The molecule has 0 bridgehead atoms. The molecule has 0 aliphatic carbocycles. The maximum atomic E-state index is 12.7. The molecule has 8 heteroatoms. The van der Waals surface area contributed by atoms with Gasteiger partial charge in [0, 0.05) is 13.2 Å². The van der Waals surface area contributed by atoms with Gasteiger partial charge in [0.05, 0.1) is 44.9 Å². The molecule has 3 unspecified atom stereocenters. The van der Waals surface area contributed by atoms with Crippen molar-refractivity contribution in [2.75, 3.05) is 39.5 Å². The second kappa shape index (κ2) is 6.78. The van der Waals surface area contributed by atoms with E-state index in [4.69, 9.17) is 14.2 Å². The van der Waals surface area contributed by atoms with Crippen molar-refractivity contribution in [3.63, 3.8) is 0 Å². The van der Waals surface area contributed by atoms with Crippen LogP contribution in [0.3, 0.4) is 0 Å². The molecule has 0 aromatic carbocycles. The molecule has 3 atom stereocenters. The van der Waals surface area contributed by atoms with Gasteiger partial charge in [0.25, 0.3) is 0 Å². The van der Waals surface area contributed by atoms with Crippen molar-refractivity contribution >= 4 is 5.91 Å². The normalized spacial score (nSPS) is 33.9. The van der Waals surface area contributed by atoms with Crippen molar-refractivity contribution in [1.82, 2.24) is 19.7 Å². The molecule has 0 radical (unpaired) electrons. The highest BCUT2D eigenvalue weighted by atomic mass is 16.6. The molecule has 3 aliphatic heterocycles. The summed E-state index contributed by atoms with van der Waals surface area (Å²) in [6.45, 7) is 4.27. The highest BCUT2D eigenvalue weighted by Gasteiger charge is 2.45. The lowest BCUT2D eigenvalue weighted by Gasteiger charge is -2.33. The zero-order chi connectivity index (χ0) is 16.4. The van der Waals surface area contributed by atoms with E-state index in [1.54, 1.807) is 11.0 Å². The van der Waals surface area contributed by atoms with E-state index in [1.165, 1.54) is 6.33 Å². The summed E-state index contributed by atoms with van der Waals surface area (Å²) >= 11 is 0. The summed E-state index contributed by atoms with van der Waals surface area (Å²) in [6.07, 6.45) is 5.98. The average molecular weight is 336 g/mol. The van der Waals surface area contributed by atoms with Gasteiger partial charge in [-0.3, -0.25) is 9.48 Å². The molecule has 3 saturated heterocycles. The summed E-state index contributed by atoms with van der Waals surface area (Å²) in [4.78, 5) is 18.6. The van der Waals surface area contributed by atoms with E-state index in [0.717, 1.165) is 19.3 Å². The van der Waals surface area contributed by atoms with Crippen molar-refractivity contribution in [1.29, 1.82) is 0 Å². The molecule has 132 valence electrons. The zero-order valence-corrected chi connectivity index (χ0v) is 13.8. The Morgan fingerprint density at radius 3 is 3.04 bits per heavy atom. The van der Waals surface area contributed by atoms with Crippen LogP contribution in [0.2, 0.25) is 0 Å². The summed E-state index contributed by atoms with van der Waals surface area (Å²) < 4.78 is 19.3. The Morgan fingerprint density at radius 1 is 1.29 bits per heavy atom. The molecule has 24 heavy (non-hydrogen) atoms. The van der Waals surface area contributed by atoms with E-state index in [2.05, 4.69) is 10.1 Å².